The van der Waals surface area contributed by atoms with Gasteiger partial charge in [-0.1, -0.05) is 116 Å². The van der Waals surface area contributed by atoms with Gasteiger partial charge >= 0.3 is 0 Å². The first kappa shape index (κ1) is 26.0. The fraction of sp³-hybridized carbons (Fsp3) is 0.800. The zero-order valence-corrected chi connectivity index (χ0v) is 18.6. The van der Waals surface area contributed by atoms with E-state index in [1.165, 1.54) is 83.5 Å². The second kappa shape index (κ2) is 21.3. The van der Waals surface area contributed by atoms with Crippen LogP contribution in [0, 0.1) is 5.92 Å². The van der Waals surface area contributed by atoms with Crippen LogP contribution in [0.1, 0.15) is 117 Å². The normalized spacial score (nSPS) is 11.9. The molecule has 1 amide bonds. The standard InChI is InChI=1S/C25H47NO/c1-4-5-6-7-8-9-10-11-12-13-14-15-16-17-18-19-20-21-25(27)26-23-22-24(2)3/h18-21,24H,4-17,22-23H2,1-3H3,(H,26,27). The average molecular weight is 378 g/mol. The SMILES string of the molecule is CCCCCCCCCCCCCCCC=CC=CC(=O)NCCC(C)C. The Hall–Kier alpha value is -1.05. The van der Waals surface area contributed by atoms with E-state index in [4.69, 9.17) is 0 Å². The molecular formula is C25H47NO. The molecule has 0 unspecified atom stereocenters. The highest BCUT2D eigenvalue weighted by atomic mass is 16.1. The molecule has 0 aliphatic heterocycles. The Morgan fingerprint density at radius 1 is 0.778 bits per heavy atom. The summed E-state index contributed by atoms with van der Waals surface area (Å²) in [5.74, 6) is 0.649. The molecule has 0 aromatic heterocycles. The van der Waals surface area contributed by atoms with Crippen LogP contribution in [-0.2, 0) is 4.79 Å². The van der Waals surface area contributed by atoms with E-state index in [0.29, 0.717) is 5.92 Å². The number of amides is 1. The van der Waals surface area contributed by atoms with Crippen molar-refractivity contribution in [3.8, 4) is 0 Å². The minimum absolute atomic E-state index is 0.0151. The molecule has 1 N–H and O–H groups in total. The number of carbonyl (C=O) groups is 1. The van der Waals surface area contributed by atoms with Gasteiger partial charge < -0.3 is 5.32 Å². The first-order valence-electron chi connectivity index (χ1n) is 11.8. The summed E-state index contributed by atoms with van der Waals surface area (Å²) in [5.41, 5.74) is 0. The number of carbonyl (C=O) groups excluding carboxylic acids is 1. The van der Waals surface area contributed by atoms with E-state index in [1.807, 2.05) is 12.2 Å². The monoisotopic (exact) mass is 377 g/mol. The van der Waals surface area contributed by atoms with Crippen LogP contribution in [0.4, 0.5) is 0 Å². The summed E-state index contributed by atoms with van der Waals surface area (Å²) in [5, 5.41) is 2.91. The predicted molar refractivity (Wildman–Crippen MR) is 121 cm³/mol. The fourth-order valence-electron chi connectivity index (χ4n) is 3.14. The number of unbranched alkanes of at least 4 members (excludes halogenated alkanes) is 13. The Morgan fingerprint density at radius 3 is 1.81 bits per heavy atom. The molecule has 0 aromatic carbocycles. The molecule has 0 aliphatic rings. The summed E-state index contributed by atoms with van der Waals surface area (Å²) in [6.45, 7) is 7.38. The number of hydrogen-bond donors (Lipinski definition) is 1. The summed E-state index contributed by atoms with van der Waals surface area (Å²) in [6, 6.07) is 0. The third kappa shape index (κ3) is 22.9. The lowest BCUT2D eigenvalue weighted by atomic mass is 10.0. The van der Waals surface area contributed by atoms with E-state index in [9.17, 15) is 4.79 Å². The predicted octanol–water partition coefficient (Wildman–Crippen LogP) is 7.74. The minimum atomic E-state index is 0.0151. The molecule has 0 fully saturated rings. The van der Waals surface area contributed by atoms with E-state index in [0.717, 1.165) is 19.4 Å². The van der Waals surface area contributed by atoms with Crippen molar-refractivity contribution in [3.05, 3.63) is 24.3 Å². The molecule has 2 heteroatoms. The number of hydrogen-bond acceptors (Lipinski definition) is 1. The van der Waals surface area contributed by atoms with Crippen molar-refractivity contribution in [1.82, 2.24) is 5.32 Å². The molecule has 0 spiro atoms. The van der Waals surface area contributed by atoms with Gasteiger partial charge in [0.25, 0.3) is 0 Å². The second-order valence-corrected chi connectivity index (χ2v) is 8.29. The third-order valence-corrected chi connectivity index (χ3v) is 4.99. The van der Waals surface area contributed by atoms with Gasteiger partial charge in [0.1, 0.15) is 0 Å². The Morgan fingerprint density at radius 2 is 1.30 bits per heavy atom. The summed E-state index contributed by atoms with van der Waals surface area (Å²) < 4.78 is 0. The van der Waals surface area contributed by atoms with Gasteiger partial charge in [0.05, 0.1) is 0 Å². The van der Waals surface area contributed by atoms with Crippen LogP contribution >= 0.6 is 0 Å². The first-order chi connectivity index (χ1) is 13.2. The molecule has 2 nitrogen and oxygen atoms in total. The van der Waals surface area contributed by atoms with Crippen LogP contribution in [0.5, 0.6) is 0 Å². The van der Waals surface area contributed by atoms with Crippen molar-refractivity contribution in [1.29, 1.82) is 0 Å². The van der Waals surface area contributed by atoms with Gasteiger partial charge in [-0.2, -0.15) is 0 Å². The van der Waals surface area contributed by atoms with Crippen molar-refractivity contribution in [2.75, 3.05) is 6.54 Å². The molecule has 0 aromatic rings. The summed E-state index contributed by atoms with van der Waals surface area (Å²) in [7, 11) is 0. The van der Waals surface area contributed by atoms with E-state index < -0.39 is 0 Å². The summed E-state index contributed by atoms with van der Waals surface area (Å²) >= 11 is 0. The first-order valence-corrected chi connectivity index (χ1v) is 11.8. The van der Waals surface area contributed by atoms with E-state index in [1.54, 1.807) is 6.08 Å². The van der Waals surface area contributed by atoms with Crippen LogP contribution in [-0.4, -0.2) is 12.5 Å². The highest BCUT2D eigenvalue weighted by Crippen LogP contribution is 2.13. The van der Waals surface area contributed by atoms with Gasteiger partial charge in [-0.15, -0.1) is 0 Å². The lowest BCUT2D eigenvalue weighted by Gasteiger charge is -2.04. The molecule has 0 bridgehead atoms. The number of allylic oxidation sites excluding steroid dienone is 3. The van der Waals surface area contributed by atoms with E-state index >= 15 is 0 Å². The topological polar surface area (TPSA) is 29.1 Å². The maximum absolute atomic E-state index is 11.6. The van der Waals surface area contributed by atoms with Crippen molar-refractivity contribution in [2.45, 2.75) is 117 Å². The number of rotatable bonds is 19. The summed E-state index contributed by atoms with van der Waals surface area (Å²) in [4.78, 5) is 11.6. The van der Waals surface area contributed by atoms with Gasteiger partial charge in [0.15, 0.2) is 0 Å². The van der Waals surface area contributed by atoms with Crippen LogP contribution in [0.2, 0.25) is 0 Å². The molecule has 0 radical (unpaired) electrons. The largest absolute Gasteiger partial charge is 0.353 e. The van der Waals surface area contributed by atoms with Crippen molar-refractivity contribution >= 4 is 5.91 Å². The van der Waals surface area contributed by atoms with Gasteiger partial charge in [-0.05, 0) is 25.2 Å². The van der Waals surface area contributed by atoms with Crippen LogP contribution < -0.4 is 5.32 Å². The summed E-state index contributed by atoms with van der Waals surface area (Å²) in [6.07, 6.45) is 28.0. The zero-order chi connectivity index (χ0) is 20.0. The van der Waals surface area contributed by atoms with Crippen LogP contribution in [0.25, 0.3) is 0 Å². The molecular weight excluding hydrogens is 330 g/mol. The lowest BCUT2D eigenvalue weighted by molar-refractivity contribution is -0.116. The molecule has 0 rings (SSSR count). The quantitative estimate of drug-likeness (QED) is 0.139. The second-order valence-electron chi connectivity index (χ2n) is 8.29. The van der Waals surface area contributed by atoms with Crippen molar-refractivity contribution in [2.24, 2.45) is 5.92 Å². The van der Waals surface area contributed by atoms with Gasteiger partial charge in [-0.25, -0.2) is 0 Å². The van der Waals surface area contributed by atoms with Crippen molar-refractivity contribution < 1.29 is 4.79 Å². The molecule has 0 saturated carbocycles. The minimum Gasteiger partial charge on any atom is -0.353 e. The highest BCUT2D eigenvalue weighted by Gasteiger charge is 1.96. The zero-order valence-electron chi connectivity index (χ0n) is 18.6. The lowest BCUT2D eigenvalue weighted by Crippen LogP contribution is -2.23. The Kier molecular flexibility index (Phi) is 20.4. The smallest absolute Gasteiger partial charge is 0.243 e. The van der Waals surface area contributed by atoms with Gasteiger partial charge in [0.2, 0.25) is 5.91 Å². The molecule has 27 heavy (non-hydrogen) atoms. The van der Waals surface area contributed by atoms with Crippen LogP contribution in [0.15, 0.2) is 24.3 Å². The van der Waals surface area contributed by atoms with Gasteiger partial charge in [-0.3, -0.25) is 4.79 Å². The molecule has 0 atom stereocenters. The Bertz CT molecular complexity index is 371. The maximum atomic E-state index is 11.6. The maximum Gasteiger partial charge on any atom is 0.243 e. The number of nitrogens with one attached hydrogen (secondary N) is 1. The highest BCUT2D eigenvalue weighted by molar-refractivity contribution is 5.87. The molecule has 0 aliphatic carbocycles. The van der Waals surface area contributed by atoms with Crippen molar-refractivity contribution in [3.63, 3.8) is 0 Å². The Labute approximate surface area is 170 Å². The average Bonchev–Trinajstić information content (AvgIpc) is 2.64. The van der Waals surface area contributed by atoms with E-state index in [2.05, 4.69) is 32.2 Å². The Balaban J connectivity index is 3.28. The fourth-order valence-corrected chi connectivity index (χ4v) is 3.14. The third-order valence-electron chi connectivity index (χ3n) is 4.99. The van der Waals surface area contributed by atoms with Gasteiger partial charge in [0, 0.05) is 12.6 Å². The van der Waals surface area contributed by atoms with E-state index in [-0.39, 0.29) is 5.91 Å². The molecule has 0 saturated heterocycles. The van der Waals surface area contributed by atoms with Crippen LogP contribution in [0.3, 0.4) is 0 Å². The molecule has 0 heterocycles. The molecule has 158 valence electrons.